The van der Waals surface area contributed by atoms with E-state index in [1.165, 1.54) is 0 Å². The Kier molecular flexibility index (Phi) is 4.60. The van der Waals surface area contributed by atoms with Crippen molar-refractivity contribution in [1.29, 1.82) is 0 Å². The van der Waals surface area contributed by atoms with Gasteiger partial charge in [0.2, 0.25) is 0 Å². The first-order chi connectivity index (χ1) is 9.06. The number of halogens is 2. The molecule has 102 valence electrons. The zero-order valence-electron chi connectivity index (χ0n) is 10.3. The summed E-state index contributed by atoms with van der Waals surface area (Å²) in [5.74, 6) is -0.189. The number of nitrogens with one attached hydrogen (secondary N) is 1. The summed E-state index contributed by atoms with van der Waals surface area (Å²) in [6.45, 7) is 1.26. The average molecular weight is 347 g/mol. The molecule has 0 atom stereocenters. The number of hydrogen-bond acceptors (Lipinski definition) is 3. The lowest BCUT2D eigenvalue weighted by Crippen LogP contribution is -2.26. The highest BCUT2D eigenvalue weighted by Gasteiger charge is 2.13. The van der Waals surface area contributed by atoms with Gasteiger partial charge in [-0.1, -0.05) is 11.6 Å². The topological polar surface area (TPSA) is 64.7 Å². The number of nitrogens with zero attached hydrogens (tertiary/aromatic N) is 4. The van der Waals surface area contributed by atoms with E-state index in [0.29, 0.717) is 28.3 Å². The van der Waals surface area contributed by atoms with Crippen LogP contribution in [0, 0.1) is 0 Å². The normalized spacial score (nSPS) is 10.7. The Morgan fingerprint density at radius 2 is 2.32 bits per heavy atom. The number of aryl methyl sites for hydroxylation is 2. The summed E-state index contributed by atoms with van der Waals surface area (Å²) in [7, 11) is 1.77. The Bertz CT molecular complexity index is 579. The quantitative estimate of drug-likeness (QED) is 0.840. The summed E-state index contributed by atoms with van der Waals surface area (Å²) >= 11 is 9.05. The van der Waals surface area contributed by atoms with Crippen molar-refractivity contribution in [2.24, 2.45) is 7.05 Å². The third-order valence-electron chi connectivity index (χ3n) is 2.45. The second kappa shape index (κ2) is 6.21. The van der Waals surface area contributed by atoms with Crippen LogP contribution in [0.3, 0.4) is 0 Å². The van der Waals surface area contributed by atoms with Crippen molar-refractivity contribution in [2.75, 3.05) is 6.54 Å². The standard InChI is InChI=1S/C11H13BrClN5O/c1-17-7-9(12)10(16-17)11(19)14-3-2-4-18-6-8(13)5-15-18/h5-7H,2-4H2,1H3,(H,14,19). The van der Waals surface area contributed by atoms with Gasteiger partial charge in [-0.05, 0) is 22.4 Å². The molecule has 0 radical (unpaired) electrons. The minimum absolute atomic E-state index is 0.189. The number of amides is 1. The van der Waals surface area contributed by atoms with Gasteiger partial charge in [-0.3, -0.25) is 14.2 Å². The zero-order valence-corrected chi connectivity index (χ0v) is 12.6. The molecule has 2 aromatic heterocycles. The molecule has 0 aromatic carbocycles. The van der Waals surface area contributed by atoms with Crippen molar-refractivity contribution in [3.63, 3.8) is 0 Å². The van der Waals surface area contributed by atoms with E-state index < -0.39 is 0 Å². The van der Waals surface area contributed by atoms with E-state index in [9.17, 15) is 4.79 Å². The molecule has 19 heavy (non-hydrogen) atoms. The maximum absolute atomic E-state index is 11.8. The number of hydrogen-bond donors (Lipinski definition) is 1. The molecule has 0 aliphatic rings. The summed E-state index contributed by atoms with van der Waals surface area (Å²) in [6.07, 6.45) is 5.85. The van der Waals surface area contributed by atoms with Crippen LogP contribution in [-0.2, 0) is 13.6 Å². The molecule has 2 rings (SSSR count). The van der Waals surface area contributed by atoms with Gasteiger partial charge in [0.1, 0.15) is 0 Å². The van der Waals surface area contributed by atoms with Gasteiger partial charge >= 0.3 is 0 Å². The Hall–Kier alpha value is -1.34. The van der Waals surface area contributed by atoms with Crippen LogP contribution in [-0.4, -0.2) is 32.0 Å². The third kappa shape index (κ3) is 3.81. The fourth-order valence-electron chi connectivity index (χ4n) is 1.60. The first-order valence-electron chi connectivity index (χ1n) is 5.71. The van der Waals surface area contributed by atoms with Gasteiger partial charge in [-0.25, -0.2) is 0 Å². The Labute approximate surface area is 123 Å². The molecule has 6 nitrogen and oxygen atoms in total. The van der Waals surface area contributed by atoms with Crippen molar-refractivity contribution in [3.8, 4) is 0 Å². The molecule has 2 aromatic rings. The van der Waals surface area contributed by atoms with Crippen molar-refractivity contribution < 1.29 is 4.79 Å². The maximum Gasteiger partial charge on any atom is 0.272 e. The lowest BCUT2D eigenvalue weighted by Gasteiger charge is -2.04. The van der Waals surface area contributed by atoms with E-state index in [1.54, 1.807) is 35.0 Å². The van der Waals surface area contributed by atoms with E-state index in [-0.39, 0.29) is 5.91 Å². The van der Waals surface area contributed by atoms with Crippen LogP contribution in [0.1, 0.15) is 16.9 Å². The first-order valence-corrected chi connectivity index (χ1v) is 6.88. The summed E-state index contributed by atoms with van der Waals surface area (Å²) in [5.41, 5.74) is 0.393. The van der Waals surface area contributed by atoms with E-state index in [1.807, 2.05) is 0 Å². The molecule has 0 fully saturated rings. The number of carbonyl (C=O) groups is 1. The van der Waals surface area contributed by atoms with Crippen LogP contribution >= 0.6 is 27.5 Å². The van der Waals surface area contributed by atoms with E-state index in [0.717, 1.165) is 6.42 Å². The van der Waals surface area contributed by atoms with Crippen LogP contribution < -0.4 is 5.32 Å². The molecule has 0 saturated carbocycles. The van der Waals surface area contributed by atoms with Gasteiger partial charge in [-0.15, -0.1) is 0 Å². The molecule has 2 heterocycles. The SMILES string of the molecule is Cn1cc(Br)c(C(=O)NCCCn2cc(Cl)cn2)n1. The predicted octanol–water partition coefficient (Wildman–Crippen LogP) is 1.85. The maximum atomic E-state index is 11.8. The largest absolute Gasteiger partial charge is 0.351 e. The fourth-order valence-corrected chi connectivity index (χ4v) is 2.31. The van der Waals surface area contributed by atoms with Gasteiger partial charge in [0.15, 0.2) is 5.69 Å². The number of carbonyl (C=O) groups excluding carboxylic acids is 1. The summed E-state index contributed by atoms with van der Waals surface area (Å²) in [4.78, 5) is 11.8. The molecule has 0 bridgehead atoms. The highest BCUT2D eigenvalue weighted by Crippen LogP contribution is 2.13. The summed E-state index contributed by atoms with van der Waals surface area (Å²) in [6, 6.07) is 0. The molecule has 1 N–H and O–H groups in total. The van der Waals surface area contributed by atoms with Crippen LogP contribution in [0.4, 0.5) is 0 Å². The van der Waals surface area contributed by atoms with E-state index in [4.69, 9.17) is 11.6 Å². The number of aromatic nitrogens is 4. The highest BCUT2D eigenvalue weighted by atomic mass is 79.9. The second-order valence-corrected chi connectivity index (χ2v) is 5.32. The summed E-state index contributed by atoms with van der Waals surface area (Å²) < 4.78 is 4.02. The van der Waals surface area contributed by atoms with Crippen molar-refractivity contribution in [3.05, 3.63) is 33.8 Å². The van der Waals surface area contributed by atoms with Crippen LogP contribution in [0.5, 0.6) is 0 Å². The van der Waals surface area contributed by atoms with Gasteiger partial charge in [0, 0.05) is 32.5 Å². The van der Waals surface area contributed by atoms with Crippen molar-refractivity contribution in [2.45, 2.75) is 13.0 Å². The molecule has 0 saturated heterocycles. The molecule has 0 spiro atoms. The van der Waals surface area contributed by atoms with Gasteiger partial charge in [-0.2, -0.15) is 10.2 Å². The molecule has 8 heteroatoms. The Balaban J connectivity index is 1.77. The molecular formula is C11H13BrClN5O. The molecular weight excluding hydrogens is 334 g/mol. The monoisotopic (exact) mass is 345 g/mol. The minimum Gasteiger partial charge on any atom is -0.351 e. The third-order valence-corrected chi connectivity index (χ3v) is 3.23. The minimum atomic E-state index is -0.189. The van der Waals surface area contributed by atoms with Crippen LogP contribution in [0.15, 0.2) is 23.1 Å². The van der Waals surface area contributed by atoms with Crippen LogP contribution in [0.25, 0.3) is 0 Å². The van der Waals surface area contributed by atoms with Gasteiger partial charge < -0.3 is 5.32 Å². The lowest BCUT2D eigenvalue weighted by atomic mass is 10.3. The first kappa shape index (κ1) is 14.1. The Morgan fingerprint density at radius 1 is 1.53 bits per heavy atom. The fraction of sp³-hybridized carbons (Fsp3) is 0.364. The Morgan fingerprint density at radius 3 is 2.89 bits per heavy atom. The van der Waals surface area contributed by atoms with Crippen molar-refractivity contribution >= 4 is 33.4 Å². The molecule has 0 unspecified atom stereocenters. The number of rotatable bonds is 5. The average Bonchev–Trinajstić information content (AvgIpc) is 2.90. The highest BCUT2D eigenvalue weighted by molar-refractivity contribution is 9.10. The van der Waals surface area contributed by atoms with Crippen molar-refractivity contribution in [1.82, 2.24) is 24.9 Å². The smallest absolute Gasteiger partial charge is 0.272 e. The van der Waals surface area contributed by atoms with Gasteiger partial charge in [0.05, 0.1) is 15.7 Å². The van der Waals surface area contributed by atoms with E-state index >= 15 is 0 Å². The molecule has 0 aliphatic carbocycles. The van der Waals surface area contributed by atoms with Crippen LogP contribution in [0.2, 0.25) is 5.02 Å². The summed E-state index contributed by atoms with van der Waals surface area (Å²) in [5, 5.41) is 11.6. The predicted molar refractivity (Wildman–Crippen MR) is 75.1 cm³/mol. The second-order valence-electron chi connectivity index (χ2n) is 4.03. The zero-order chi connectivity index (χ0) is 13.8. The molecule has 0 aliphatic heterocycles. The lowest BCUT2D eigenvalue weighted by molar-refractivity contribution is 0.0946. The van der Waals surface area contributed by atoms with E-state index in [2.05, 4.69) is 31.4 Å². The van der Waals surface area contributed by atoms with Gasteiger partial charge in [0.25, 0.3) is 5.91 Å². The molecule has 1 amide bonds.